The van der Waals surface area contributed by atoms with Gasteiger partial charge in [0, 0.05) is 5.69 Å². The molecule has 3 N–H and O–H groups in total. The molecule has 5 heteroatoms. The molecule has 0 heterocycles. The van der Waals surface area contributed by atoms with Crippen LogP contribution in [0.5, 0.6) is 0 Å². The van der Waals surface area contributed by atoms with E-state index in [0.29, 0.717) is 5.69 Å². The summed E-state index contributed by atoms with van der Waals surface area (Å²) < 4.78 is 12.7. The van der Waals surface area contributed by atoms with Crippen molar-refractivity contribution in [1.29, 1.82) is 0 Å². The average molecular weight is 252 g/mol. The molecule has 2 rings (SSSR count). The molecule has 0 bridgehead atoms. The summed E-state index contributed by atoms with van der Waals surface area (Å²) in [5, 5.41) is 15.1. The molecule has 0 saturated heterocycles. The first-order chi connectivity index (χ1) is 8.65. The van der Waals surface area contributed by atoms with Gasteiger partial charge in [0.1, 0.15) is 5.82 Å². The van der Waals surface area contributed by atoms with E-state index in [1.54, 1.807) is 0 Å². The summed E-state index contributed by atoms with van der Waals surface area (Å²) in [5.74, 6) is -0.344. The Bertz CT molecular complexity index is 408. The van der Waals surface area contributed by atoms with Crippen molar-refractivity contribution in [3.63, 3.8) is 0 Å². The van der Waals surface area contributed by atoms with Gasteiger partial charge < -0.3 is 15.7 Å². The maximum Gasteiger partial charge on any atom is 0.319 e. The van der Waals surface area contributed by atoms with Crippen LogP contribution in [-0.2, 0) is 0 Å². The van der Waals surface area contributed by atoms with Crippen LogP contribution in [0.2, 0.25) is 0 Å². The van der Waals surface area contributed by atoms with Gasteiger partial charge in [0.2, 0.25) is 0 Å². The highest BCUT2D eigenvalue weighted by Crippen LogP contribution is 2.18. The van der Waals surface area contributed by atoms with E-state index >= 15 is 0 Å². The van der Waals surface area contributed by atoms with Crippen LogP contribution < -0.4 is 10.6 Å². The molecule has 0 aliphatic heterocycles. The Morgan fingerprint density at radius 1 is 1.22 bits per heavy atom. The Morgan fingerprint density at radius 3 is 2.56 bits per heavy atom. The van der Waals surface area contributed by atoms with Crippen LogP contribution in [0.1, 0.15) is 25.7 Å². The molecular formula is C13H17FN2O2. The number of rotatable bonds is 2. The number of nitrogens with one attached hydrogen (secondary N) is 2. The zero-order valence-corrected chi connectivity index (χ0v) is 10.0. The lowest BCUT2D eigenvalue weighted by Crippen LogP contribution is -2.46. The molecule has 1 fully saturated rings. The van der Waals surface area contributed by atoms with E-state index in [0.717, 1.165) is 25.7 Å². The standard InChI is InChI=1S/C13H17FN2O2/c14-9-5-7-10(8-6-9)15-13(18)16-11-3-1-2-4-12(11)17/h5-8,11-12,17H,1-4H2,(H2,15,16,18). The van der Waals surface area contributed by atoms with Gasteiger partial charge in [-0.3, -0.25) is 0 Å². The van der Waals surface area contributed by atoms with Crippen molar-refractivity contribution in [2.24, 2.45) is 0 Å². The maximum atomic E-state index is 12.7. The molecule has 1 aliphatic rings. The summed E-state index contributed by atoms with van der Waals surface area (Å²) in [6.45, 7) is 0. The molecule has 0 aromatic heterocycles. The van der Waals surface area contributed by atoms with Gasteiger partial charge in [-0.05, 0) is 37.1 Å². The van der Waals surface area contributed by atoms with Gasteiger partial charge >= 0.3 is 6.03 Å². The van der Waals surface area contributed by atoms with Crippen LogP contribution in [-0.4, -0.2) is 23.3 Å². The van der Waals surface area contributed by atoms with Crippen LogP contribution >= 0.6 is 0 Å². The lowest BCUT2D eigenvalue weighted by Gasteiger charge is -2.28. The van der Waals surface area contributed by atoms with Crippen LogP contribution in [0.4, 0.5) is 14.9 Å². The molecule has 4 nitrogen and oxygen atoms in total. The van der Waals surface area contributed by atoms with Crippen molar-refractivity contribution < 1.29 is 14.3 Å². The number of anilines is 1. The number of carbonyl (C=O) groups is 1. The number of aliphatic hydroxyl groups is 1. The van der Waals surface area contributed by atoms with Gasteiger partial charge in [-0.25, -0.2) is 9.18 Å². The molecule has 1 aromatic carbocycles. The summed E-state index contributed by atoms with van der Waals surface area (Å²) >= 11 is 0. The summed E-state index contributed by atoms with van der Waals surface area (Å²) in [6.07, 6.45) is 3.05. The fourth-order valence-electron chi connectivity index (χ4n) is 2.15. The van der Waals surface area contributed by atoms with Crippen molar-refractivity contribution >= 4 is 11.7 Å². The van der Waals surface area contributed by atoms with Crippen molar-refractivity contribution in [3.8, 4) is 0 Å². The molecule has 2 unspecified atom stereocenters. The maximum absolute atomic E-state index is 12.7. The fraction of sp³-hybridized carbons (Fsp3) is 0.462. The number of halogens is 1. The van der Waals surface area contributed by atoms with E-state index in [1.165, 1.54) is 24.3 Å². The van der Waals surface area contributed by atoms with E-state index < -0.39 is 6.10 Å². The third-order valence-electron chi connectivity index (χ3n) is 3.15. The Kier molecular flexibility index (Phi) is 4.15. The van der Waals surface area contributed by atoms with Gasteiger partial charge in [0.05, 0.1) is 12.1 Å². The number of hydrogen-bond acceptors (Lipinski definition) is 2. The quantitative estimate of drug-likeness (QED) is 0.756. The molecule has 2 atom stereocenters. The highest BCUT2D eigenvalue weighted by atomic mass is 19.1. The molecule has 1 aliphatic carbocycles. The van der Waals surface area contributed by atoms with Crippen LogP contribution in [0.3, 0.4) is 0 Å². The number of carbonyl (C=O) groups excluding carboxylic acids is 1. The number of aliphatic hydroxyl groups excluding tert-OH is 1. The summed E-state index contributed by atoms with van der Waals surface area (Å²) in [7, 11) is 0. The molecule has 0 spiro atoms. The molecule has 18 heavy (non-hydrogen) atoms. The minimum absolute atomic E-state index is 0.195. The number of amides is 2. The lowest BCUT2D eigenvalue weighted by atomic mass is 9.93. The Morgan fingerprint density at radius 2 is 1.89 bits per heavy atom. The second-order valence-corrected chi connectivity index (χ2v) is 4.56. The smallest absolute Gasteiger partial charge is 0.319 e. The summed E-state index contributed by atoms with van der Waals surface area (Å²) in [5.41, 5.74) is 0.527. The van der Waals surface area contributed by atoms with Gasteiger partial charge in [-0.2, -0.15) is 0 Å². The zero-order chi connectivity index (χ0) is 13.0. The van der Waals surface area contributed by atoms with E-state index in [2.05, 4.69) is 10.6 Å². The summed E-state index contributed by atoms with van der Waals surface area (Å²) in [4.78, 5) is 11.7. The van der Waals surface area contributed by atoms with Crippen molar-refractivity contribution in [1.82, 2.24) is 5.32 Å². The summed E-state index contributed by atoms with van der Waals surface area (Å²) in [6, 6.07) is 4.99. The van der Waals surface area contributed by atoms with Crippen molar-refractivity contribution in [2.45, 2.75) is 37.8 Å². The monoisotopic (exact) mass is 252 g/mol. The SMILES string of the molecule is O=C(Nc1ccc(F)cc1)NC1CCCCC1O. The Hall–Kier alpha value is -1.62. The Labute approximate surface area is 105 Å². The molecular weight excluding hydrogens is 235 g/mol. The zero-order valence-electron chi connectivity index (χ0n) is 10.0. The lowest BCUT2D eigenvalue weighted by molar-refractivity contribution is 0.0955. The number of urea groups is 1. The van der Waals surface area contributed by atoms with Crippen LogP contribution in [0.25, 0.3) is 0 Å². The predicted octanol–water partition coefficient (Wildman–Crippen LogP) is 2.25. The van der Waals surface area contributed by atoms with Crippen LogP contribution in [0.15, 0.2) is 24.3 Å². The van der Waals surface area contributed by atoms with Crippen LogP contribution in [0, 0.1) is 5.82 Å². The van der Waals surface area contributed by atoms with Gasteiger partial charge in [-0.1, -0.05) is 12.8 Å². The van der Waals surface area contributed by atoms with E-state index in [-0.39, 0.29) is 17.9 Å². The van der Waals surface area contributed by atoms with Crippen molar-refractivity contribution in [2.75, 3.05) is 5.32 Å². The third kappa shape index (κ3) is 3.43. The molecule has 1 aromatic rings. The first kappa shape index (κ1) is 12.8. The first-order valence-electron chi connectivity index (χ1n) is 6.16. The van der Waals surface area contributed by atoms with E-state index in [9.17, 15) is 14.3 Å². The Balaban J connectivity index is 1.86. The number of benzene rings is 1. The molecule has 0 radical (unpaired) electrons. The average Bonchev–Trinajstić information content (AvgIpc) is 2.35. The molecule has 98 valence electrons. The third-order valence-corrected chi connectivity index (χ3v) is 3.15. The predicted molar refractivity (Wildman–Crippen MR) is 66.8 cm³/mol. The topological polar surface area (TPSA) is 61.4 Å². The minimum atomic E-state index is -0.474. The van der Waals surface area contributed by atoms with Crippen molar-refractivity contribution in [3.05, 3.63) is 30.1 Å². The highest BCUT2D eigenvalue weighted by Gasteiger charge is 2.24. The van der Waals surface area contributed by atoms with E-state index in [1.807, 2.05) is 0 Å². The highest BCUT2D eigenvalue weighted by molar-refractivity contribution is 5.89. The fourth-order valence-corrected chi connectivity index (χ4v) is 2.15. The largest absolute Gasteiger partial charge is 0.391 e. The molecule has 1 saturated carbocycles. The number of hydrogen-bond donors (Lipinski definition) is 3. The first-order valence-corrected chi connectivity index (χ1v) is 6.16. The second-order valence-electron chi connectivity index (χ2n) is 4.56. The van der Waals surface area contributed by atoms with Gasteiger partial charge in [0.15, 0.2) is 0 Å². The normalized spacial score (nSPS) is 23.4. The van der Waals surface area contributed by atoms with Gasteiger partial charge in [0.25, 0.3) is 0 Å². The minimum Gasteiger partial charge on any atom is -0.391 e. The van der Waals surface area contributed by atoms with Gasteiger partial charge in [-0.15, -0.1) is 0 Å². The molecule has 2 amide bonds. The second kappa shape index (κ2) is 5.82. The van der Waals surface area contributed by atoms with E-state index in [4.69, 9.17) is 0 Å².